The first-order valence-corrected chi connectivity index (χ1v) is 14.9. The van der Waals surface area contributed by atoms with Gasteiger partial charge in [0, 0.05) is 0 Å². The minimum absolute atomic E-state index is 0.191. The van der Waals surface area contributed by atoms with Crippen molar-refractivity contribution in [2.24, 2.45) is 34.5 Å². The van der Waals surface area contributed by atoms with Crippen LogP contribution in [0.1, 0.15) is 65.7 Å². The molecule has 1 aromatic carbocycles. The number of hydrogen-bond donors (Lipinski definition) is 0. The first-order chi connectivity index (χ1) is 15.8. The quantitative estimate of drug-likeness (QED) is 0.513. The Bertz CT molecular complexity index is 951. The van der Waals surface area contributed by atoms with Crippen molar-refractivity contribution in [2.75, 3.05) is 13.2 Å². The van der Waals surface area contributed by atoms with E-state index in [1.54, 1.807) is 0 Å². The number of ketones is 1. The van der Waals surface area contributed by atoms with Crippen molar-refractivity contribution >= 4 is 25.2 Å². The molecule has 0 radical (unpaired) electrons. The van der Waals surface area contributed by atoms with E-state index in [1.165, 1.54) is 42.1 Å². The molecule has 1 aromatic rings. The average molecular weight is 514 g/mol. The van der Waals surface area contributed by atoms with Crippen LogP contribution in [0.15, 0.2) is 42.0 Å². The average Bonchev–Trinajstić information content (AvgIpc) is 3.39. The monoisotopic (exact) mass is 514 g/mol. The molecule has 0 aromatic heterocycles. The van der Waals surface area contributed by atoms with E-state index < -0.39 is 0 Å². The minimum atomic E-state index is -0.388. The molecule has 0 spiro atoms. The van der Waals surface area contributed by atoms with Gasteiger partial charge in [-0.15, -0.1) is 0 Å². The summed E-state index contributed by atoms with van der Waals surface area (Å²) in [7, 11) is 0. The summed E-state index contributed by atoms with van der Waals surface area (Å²) in [5.74, 6) is 2.77. The van der Waals surface area contributed by atoms with Gasteiger partial charge in [-0.1, -0.05) is 0 Å². The van der Waals surface area contributed by atoms with Crippen LogP contribution in [0.4, 0.5) is 0 Å². The Morgan fingerprint density at radius 1 is 0.939 bits per heavy atom. The molecule has 4 aliphatic carbocycles. The van der Waals surface area contributed by atoms with Gasteiger partial charge in [0.2, 0.25) is 0 Å². The summed E-state index contributed by atoms with van der Waals surface area (Å²) >= 11 is 0.212. The normalized spacial score (nSPS) is 44.0. The van der Waals surface area contributed by atoms with Crippen molar-refractivity contribution in [3.05, 3.63) is 42.0 Å². The molecule has 4 fully saturated rings. The number of allylic oxidation sites excluding steroid dienone is 1. The third-order valence-electron chi connectivity index (χ3n) is 10.5. The van der Waals surface area contributed by atoms with Crippen LogP contribution in [-0.4, -0.2) is 39.7 Å². The van der Waals surface area contributed by atoms with Gasteiger partial charge >= 0.3 is 205 Å². The number of ether oxygens (including phenoxy) is 2. The summed E-state index contributed by atoms with van der Waals surface area (Å²) in [6, 6.07) is 10.7. The van der Waals surface area contributed by atoms with Crippen LogP contribution in [0.3, 0.4) is 0 Å². The van der Waals surface area contributed by atoms with Gasteiger partial charge in [-0.3, -0.25) is 0 Å². The van der Waals surface area contributed by atoms with Crippen LogP contribution in [-0.2, 0) is 14.3 Å². The maximum absolute atomic E-state index is 13.1. The SMILES string of the molecule is CC1(C2CCC3C4CCC5=CC(=O)C([Se]c6ccccc6)CC5(C)C4CCC32C)OCCO1. The molecule has 5 aliphatic rings. The second kappa shape index (κ2) is 8.05. The molecule has 1 aliphatic heterocycles. The summed E-state index contributed by atoms with van der Waals surface area (Å²) in [5.41, 5.74) is 1.98. The van der Waals surface area contributed by atoms with E-state index in [1.807, 2.05) is 0 Å². The first kappa shape index (κ1) is 22.5. The zero-order valence-corrected chi connectivity index (χ0v) is 22.1. The van der Waals surface area contributed by atoms with Crippen molar-refractivity contribution in [3.8, 4) is 0 Å². The number of carbonyl (C=O) groups excluding carboxylic acids is 1. The van der Waals surface area contributed by atoms with Gasteiger partial charge in [0.15, 0.2) is 0 Å². The van der Waals surface area contributed by atoms with Crippen molar-refractivity contribution in [2.45, 2.75) is 76.3 Å². The van der Waals surface area contributed by atoms with E-state index in [2.05, 4.69) is 57.2 Å². The van der Waals surface area contributed by atoms with Crippen molar-refractivity contribution in [3.63, 3.8) is 0 Å². The van der Waals surface area contributed by atoms with Crippen LogP contribution in [0.2, 0.25) is 4.82 Å². The first-order valence-electron chi connectivity index (χ1n) is 13.1. The Morgan fingerprint density at radius 3 is 2.45 bits per heavy atom. The van der Waals surface area contributed by atoms with Crippen LogP contribution in [0.5, 0.6) is 0 Å². The molecule has 0 bridgehead atoms. The fourth-order valence-corrected chi connectivity index (χ4v) is 11.6. The van der Waals surface area contributed by atoms with E-state index >= 15 is 0 Å². The molecule has 3 nitrogen and oxygen atoms in total. The molecular formula is C29H38O3Se. The molecule has 7 unspecified atom stereocenters. The van der Waals surface area contributed by atoms with Gasteiger partial charge in [0.25, 0.3) is 0 Å². The molecule has 4 heteroatoms. The molecule has 6 rings (SSSR count). The zero-order valence-electron chi connectivity index (χ0n) is 20.3. The van der Waals surface area contributed by atoms with Crippen molar-refractivity contribution in [1.29, 1.82) is 0 Å². The van der Waals surface area contributed by atoms with E-state index in [0.29, 0.717) is 17.1 Å². The molecule has 1 saturated heterocycles. The van der Waals surface area contributed by atoms with Gasteiger partial charge in [-0.25, -0.2) is 0 Å². The number of rotatable bonds is 3. The standard InChI is InChI=1S/C29H38O3Se/c1-27-14-13-23-21(22(27)11-12-26(27)29(3)31-15-16-32-29)10-9-19-17-24(30)25(18-28(19,23)2)33-20-7-5-4-6-8-20/h4-8,17,21-23,25-26H,9-16,18H2,1-3H3. The predicted molar refractivity (Wildman–Crippen MR) is 131 cm³/mol. The third-order valence-corrected chi connectivity index (χ3v) is 13.1. The number of fused-ring (bicyclic) bond motifs is 5. The number of hydrogen-bond acceptors (Lipinski definition) is 3. The summed E-state index contributed by atoms with van der Waals surface area (Å²) in [5, 5.41) is 0. The molecule has 7 atom stereocenters. The number of carbonyl (C=O) groups is 1. The van der Waals surface area contributed by atoms with Gasteiger partial charge in [0.05, 0.1) is 0 Å². The summed E-state index contributed by atoms with van der Waals surface area (Å²) < 4.78 is 13.7. The molecule has 178 valence electrons. The molecule has 1 heterocycles. The molecule has 0 amide bonds. The maximum atomic E-state index is 13.1. The Kier molecular flexibility index (Phi) is 5.50. The van der Waals surface area contributed by atoms with Crippen LogP contribution in [0.25, 0.3) is 0 Å². The van der Waals surface area contributed by atoms with E-state index in [4.69, 9.17) is 9.47 Å². The van der Waals surface area contributed by atoms with Crippen molar-refractivity contribution in [1.82, 2.24) is 0 Å². The molecular weight excluding hydrogens is 475 g/mol. The van der Waals surface area contributed by atoms with Crippen molar-refractivity contribution < 1.29 is 14.3 Å². The number of benzene rings is 1. The van der Waals surface area contributed by atoms with Crippen LogP contribution < -0.4 is 4.46 Å². The van der Waals surface area contributed by atoms with E-state index in [9.17, 15) is 4.79 Å². The molecule has 0 N–H and O–H groups in total. The molecule has 33 heavy (non-hydrogen) atoms. The fraction of sp³-hybridized carbons (Fsp3) is 0.690. The Balaban J connectivity index is 1.27. The van der Waals surface area contributed by atoms with E-state index in [-0.39, 0.29) is 31.0 Å². The third kappa shape index (κ3) is 3.46. The van der Waals surface area contributed by atoms with Gasteiger partial charge in [-0.2, -0.15) is 0 Å². The van der Waals surface area contributed by atoms with Crippen LogP contribution >= 0.6 is 0 Å². The summed E-state index contributed by atoms with van der Waals surface area (Å²) in [6.45, 7) is 8.77. The zero-order chi connectivity index (χ0) is 22.8. The van der Waals surface area contributed by atoms with Gasteiger partial charge < -0.3 is 0 Å². The predicted octanol–water partition coefficient (Wildman–Crippen LogP) is 5.33. The Hall–Kier alpha value is -0.931. The topological polar surface area (TPSA) is 35.5 Å². The Labute approximate surface area is 205 Å². The Morgan fingerprint density at radius 2 is 1.70 bits per heavy atom. The molecule has 3 saturated carbocycles. The van der Waals surface area contributed by atoms with Crippen LogP contribution in [0, 0.1) is 34.5 Å². The van der Waals surface area contributed by atoms with Gasteiger partial charge in [-0.05, 0) is 0 Å². The summed E-state index contributed by atoms with van der Waals surface area (Å²) in [4.78, 5) is 13.3. The summed E-state index contributed by atoms with van der Waals surface area (Å²) in [6.07, 6.45) is 10.7. The fourth-order valence-electron chi connectivity index (χ4n) is 8.95. The van der Waals surface area contributed by atoms with E-state index in [0.717, 1.165) is 43.8 Å². The second-order valence-electron chi connectivity index (χ2n) is 11.9. The second-order valence-corrected chi connectivity index (χ2v) is 14.6. The van der Waals surface area contributed by atoms with Gasteiger partial charge in [0.1, 0.15) is 0 Å².